The Labute approximate surface area is 208 Å². The van der Waals surface area contributed by atoms with Gasteiger partial charge in [0.25, 0.3) is 0 Å². The summed E-state index contributed by atoms with van der Waals surface area (Å²) in [6.07, 6.45) is 2.53. The fourth-order valence-corrected chi connectivity index (χ4v) is 3.54. The van der Waals surface area contributed by atoms with Crippen LogP contribution in [0.3, 0.4) is 0 Å². The van der Waals surface area contributed by atoms with E-state index in [0.717, 1.165) is 11.3 Å². The third-order valence-corrected chi connectivity index (χ3v) is 5.34. The average Bonchev–Trinajstić information content (AvgIpc) is 3.20. The molecule has 0 radical (unpaired) electrons. The third-order valence-electron chi connectivity index (χ3n) is 5.34. The van der Waals surface area contributed by atoms with Gasteiger partial charge in [0.15, 0.2) is 0 Å². The van der Waals surface area contributed by atoms with E-state index in [9.17, 15) is 10.1 Å². The Morgan fingerprint density at radius 1 is 1.08 bits per heavy atom. The molecular weight excluding hydrogens is 462 g/mol. The highest BCUT2D eigenvalue weighted by atomic mass is 16.6. The zero-order valence-electron chi connectivity index (χ0n) is 20.1. The van der Waals surface area contributed by atoms with E-state index in [-0.39, 0.29) is 6.61 Å². The van der Waals surface area contributed by atoms with Gasteiger partial charge in [-0.25, -0.2) is 9.31 Å². The number of amides is 1. The molecular formula is C26H25N5O5. The molecule has 0 atom stereocenters. The summed E-state index contributed by atoms with van der Waals surface area (Å²) in [7, 11) is 3.13. The van der Waals surface area contributed by atoms with E-state index >= 15 is 0 Å². The number of hydrogen-bond acceptors (Lipinski definition) is 8. The first-order chi connectivity index (χ1) is 17.5. The number of aromatic nitrogens is 2. The van der Waals surface area contributed by atoms with E-state index in [1.54, 1.807) is 23.9 Å². The topological polar surface area (TPSA) is 119 Å². The van der Waals surface area contributed by atoms with Crippen LogP contribution in [0.4, 0.5) is 21.9 Å². The third kappa shape index (κ3) is 5.48. The predicted octanol–water partition coefficient (Wildman–Crippen LogP) is 5.25. The Hall–Kier alpha value is -4.75. The zero-order chi connectivity index (χ0) is 25.5. The van der Waals surface area contributed by atoms with Crippen molar-refractivity contribution in [2.75, 3.05) is 38.1 Å². The van der Waals surface area contributed by atoms with Crippen LogP contribution in [0.25, 0.3) is 5.52 Å². The molecule has 2 heterocycles. The van der Waals surface area contributed by atoms with Gasteiger partial charge in [0, 0.05) is 24.4 Å². The number of nitrogens with zero attached hydrogens (tertiary/aromatic N) is 3. The monoisotopic (exact) mass is 487 g/mol. The summed E-state index contributed by atoms with van der Waals surface area (Å²) in [6.45, 7) is 2.27. The number of fused-ring (bicyclic) bond motifs is 1. The van der Waals surface area contributed by atoms with E-state index in [0.29, 0.717) is 46.3 Å². The summed E-state index contributed by atoms with van der Waals surface area (Å²) < 4.78 is 22.7. The van der Waals surface area contributed by atoms with Gasteiger partial charge in [-0.2, -0.15) is 10.4 Å². The number of hydrogen-bond donors (Lipinski definition) is 2. The Balaban J connectivity index is 1.56. The molecule has 0 aliphatic carbocycles. The minimum atomic E-state index is -0.604. The summed E-state index contributed by atoms with van der Waals surface area (Å²) >= 11 is 0. The number of carbonyl (C=O) groups is 1. The van der Waals surface area contributed by atoms with Crippen LogP contribution in [-0.4, -0.2) is 43.1 Å². The zero-order valence-corrected chi connectivity index (χ0v) is 20.1. The highest BCUT2D eigenvalue weighted by molar-refractivity contribution is 5.92. The molecule has 10 heteroatoms. The molecule has 2 N–H and O–H groups in total. The molecule has 2 aromatic heterocycles. The van der Waals surface area contributed by atoms with Crippen LogP contribution in [0, 0.1) is 18.3 Å². The Morgan fingerprint density at radius 3 is 2.58 bits per heavy atom. The van der Waals surface area contributed by atoms with E-state index in [1.165, 1.54) is 13.3 Å². The minimum Gasteiger partial charge on any atom is -0.497 e. The number of benzene rings is 2. The van der Waals surface area contributed by atoms with Crippen LogP contribution in [0.1, 0.15) is 11.1 Å². The van der Waals surface area contributed by atoms with Crippen LogP contribution in [-0.2, 0) is 9.47 Å². The highest BCUT2D eigenvalue weighted by Gasteiger charge is 2.17. The molecule has 0 fully saturated rings. The molecule has 10 nitrogen and oxygen atoms in total. The normalized spacial score (nSPS) is 10.5. The lowest BCUT2D eigenvalue weighted by atomic mass is 10.1. The molecule has 36 heavy (non-hydrogen) atoms. The molecule has 0 saturated carbocycles. The van der Waals surface area contributed by atoms with Gasteiger partial charge in [-0.15, -0.1) is 0 Å². The summed E-state index contributed by atoms with van der Waals surface area (Å²) in [5, 5.41) is 20.0. The second-order valence-corrected chi connectivity index (χ2v) is 7.69. The molecule has 4 aromatic rings. The summed E-state index contributed by atoms with van der Waals surface area (Å²) in [5.41, 5.74) is 3.56. The molecule has 2 aromatic carbocycles. The van der Waals surface area contributed by atoms with Crippen molar-refractivity contribution in [2.24, 2.45) is 0 Å². The number of methoxy groups -OCH3 is 2. The molecule has 0 spiro atoms. The summed E-state index contributed by atoms with van der Waals surface area (Å²) in [6, 6.07) is 16.8. The lowest BCUT2D eigenvalue weighted by Gasteiger charge is -2.12. The number of rotatable bonds is 9. The number of nitriles is 1. The molecule has 0 aliphatic rings. The minimum absolute atomic E-state index is 0.135. The summed E-state index contributed by atoms with van der Waals surface area (Å²) in [4.78, 5) is 12.1. The first kappa shape index (κ1) is 24.4. The van der Waals surface area contributed by atoms with Crippen LogP contribution < -0.4 is 20.1 Å². The van der Waals surface area contributed by atoms with E-state index in [4.69, 9.17) is 18.9 Å². The molecule has 4 rings (SSSR count). The molecule has 0 aliphatic heterocycles. The van der Waals surface area contributed by atoms with Gasteiger partial charge in [0.05, 0.1) is 48.6 Å². The van der Waals surface area contributed by atoms with Crippen molar-refractivity contribution >= 4 is 28.7 Å². The first-order valence-electron chi connectivity index (χ1n) is 11.0. The van der Waals surface area contributed by atoms with Crippen LogP contribution >= 0.6 is 0 Å². The van der Waals surface area contributed by atoms with Crippen molar-refractivity contribution in [3.8, 4) is 23.3 Å². The van der Waals surface area contributed by atoms with E-state index < -0.39 is 6.09 Å². The predicted molar refractivity (Wildman–Crippen MR) is 134 cm³/mol. The number of ether oxygens (including phenoxy) is 4. The van der Waals surface area contributed by atoms with Crippen molar-refractivity contribution in [1.29, 1.82) is 5.26 Å². The van der Waals surface area contributed by atoms with Crippen LogP contribution in [0.2, 0.25) is 0 Å². The lowest BCUT2D eigenvalue weighted by Crippen LogP contribution is -2.16. The smallest absolute Gasteiger partial charge is 0.411 e. The van der Waals surface area contributed by atoms with Crippen molar-refractivity contribution in [3.63, 3.8) is 0 Å². The van der Waals surface area contributed by atoms with Crippen molar-refractivity contribution in [3.05, 3.63) is 72.1 Å². The number of anilines is 3. The standard InChI is InChI=1S/C26H25N5O5/c1-17-23(30-26(32)35-12-11-33-2)16-31-25(17)24(18(14-27)15-28-31)29-19-7-9-20(10-8-19)36-22-6-4-5-21(13-22)34-3/h4-10,13,15-16,29H,11-12H2,1-3H3,(H,30,32). The maximum Gasteiger partial charge on any atom is 0.411 e. The van der Waals surface area contributed by atoms with Gasteiger partial charge in [0.1, 0.15) is 29.9 Å². The molecule has 1 amide bonds. The van der Waals surface area contributed by atoms with Gasteiger partial charge < -0.3 is 24.3 Å². The van der Waals surface area contributed by atoms with Gasteiger partial charge in [-0.1, -0.05) is 6.07 Å². The van der Waals surface area contributed by atoms with Crippen molar-refractivity contribution in [2.45, 2.75) is 6.92 Å². The fraction of sp³-hybridized carbons (Fsp3) is 0.192. The fourth-order valence-electron chi connectivity index (χ4n) is 3.54. The van der Waals surface area contributed by atoms with Gasteiger partial charge in [0.2, 0.25) is 0 Å². The van der Waals surface area contributed by atoms with Gasteiger partial charge >= 0.3 is 6.09 Å². The largest absolute Gasteiger partial charge is 0.497 e. The molecule has 0 bridgehead atoms. The number of aryl methyl sites for hydroxylation is 1. The van der Waals surface area contributed by atoms with E-state index in [1.807, 2.05) is 49.4 Å². The van der Waals surface area contributed by atoms with Crippen LogP contribution in [0.15, 0.2) is 60.9 Å². The summed E-state index contributed by atoms with van der Waals surface area (Å²) in [5.74, 6) is 2.00. The van der Waals surface area contributed by atoms with E-state index in [2.05, 4.69) is 21.8 Å². The maximum atomic E-state index is 12.1. The van der Waals surface area contributed by atoms with Gasteiger partial charge in [-0.3, -0.25) is 5.32 Å². The van der Waals surface area contributed by atoms with Crippen molar-refractivity contribution < 1.29 is 23.7 Å². The Kier molecular flexibility index (Phi) is 7.53. The Morgan fingerprint density at radius 2 is 1.86 bits per heavy atom. The highest BCUT2D eigenvalue weighted by Crippen LogP contribution is 2.33. The van der Waals surface area contributed by atoms with Crippen LogP contribution in [0.5, 0.6) is 17.2 Å². The first-order valence-corrected chi connectivity index (χ1v) is 11.0. The maximum absolute atomic E-state index is 12.1. The average molecular weight is 488 g/mol. The second-order valence-electron chi connectivity index (χ2n) is 7.69. The number of nitrogens with one attached hydrogen (secondary N) is 2. The quantitative estimate of drug-likeness (QED) is 0.307. The lowest BCUT2D eigenvalue weighted by molar-refractivity contribution is 0.107. The molecule has 184 valence electrons. The van der Waals surface area contributed by atoms with Crippen molar-refractivity contribution in [1.82, 2.24) is 9.61 Å². The second kappa shape index (κ2) is 11.1. The Bertz CT molecular complexity index is 1410. The SMILES string of the molecule is COCCOC(=O)Nc1cn2ncc(C#N)c(Nc3ccc(Oc4cccc(OC)c4)cc3)c2c1C. The van der Waals surface area contributed by atoms with Gasteiger partial charge in [-0.05, 0) is 43.3 Å². The number of carbonyl (C=O) groups excluding carboxylic acids is 1. The molecule has 0 saturated heterocycles. The molecule has 0 unspecified atom stereocenters.